The number of halogens is 1. The molecule has 0 aliphatic rings. The van der Waals surface area contributed by atoms with E-state index in [1.165, 1.54) is 36.7 Å². The van der Waals surface area contributed by atoms with Crippen LogP contribution in [0.4, 0.5) is 9.52 Å². The minimum atomic E-state index is -3.96. The molecule has 13 heteroatoms. The zero-order valence-corrected chi connectivity index (χ0v) is 20.7. The van der Waals surface area contributed by atoms with Crippen molar-refractivity contribution in [1.29, 1.82) is 5.26 Å². The number of nitrogens with one attached hydrogen (secondary N) is 1. The number of ether oxygens (including phenoxy) is 1. The molecule has 1 aromatic carbocycles. The first-order valence-corrected chi connectivity index (χ1v) is 13.0. The van der Waals surface area contributed by atoms with Gasteiger partial charge in [0.05, 0.1) is 21.8 Å². The Kier molecular flexibility index (Phi) is 6.34. The molecule has 0 radical (unpaired) electrons. The number of pyridine rings is 2. The standard InChI is InChI=1S/C24H16FN7O3S2/c1-32-19(7-9-29-32)23-21(5-3-18(30-23)15-6-8-27-22(25)13-15)35-20-4-2-17(12-16(20)14-26)37(33,34)31-24-28-10-11-36-24/h2-13H,1H3,(H,28,31). The maximum absolute atomic E-state index is 13.7. The lowest BCUT2D eigenvalue weighted by Gasteiger charge is -2.14. The van der Waals surface area contributed by atoms with Gasteiger partial charge in [0.2, 0.25) is 5.95 Å². The van der Waals surface area contributed by atoms with Crippen LogP contribution in [0.5, 0.6) is 11.5 Å². The highest BCUT2D eigenvalue weighted by atomic mass is 32.2. The van der Waals surface area contributed by atoms with E-state index < -0.39 is 16.0 Å². The molecule has 184 valence electrons. The number of hydrogen-bond acceptors (Lipinski definition) is 9. The molecule has 0 aliphatic carbocycles. The van der Waals surface area contributed by atoms with E-state index in [2.05, 4.69) is 24.8 Å². The second kappa shape index (κ2) is 9.76. The molecule has 0 saturated carbocycles. The summed E-state index contributed by atoms with van der Waals surface area (Å²) in [6.07, 6.45) is 4.42. The Labute approximate surface area is 214 Å². The van der Waals surface area contributed by atoms with Gasteiger partial charge in [-0.1, -0.05) is 0 Å². The Balaban J connectivity index is 1.53. The molecule has 0 bridgehead atoms. The zero-order valence-electron chi connectivity index (χ0n) is 19.0. The number of benzene rings is 1. The molecule has 4 heterocycles. The number of thiazole rings is 1. The molecule has 0 fully saturated rings. The number of aromatic nitrogens is 5. The van der Waals surface area contributed by atoms with E-state index in [4.69, 9.17) is 4.74 Å². The predicted molar refractivity (Wildman–Crippen MR) is 134 cm³/mol. The molecule has 5 aromatic rings. The van der Waals surface area contributed by atoms with Crippen LogP contribution >= 0.6 is 11.3 Å². The molecule has 0 atom stereocenters. The quantitative estimate of drug-likeness (QED) is 0.300. The van der Waals surface area contributed by atoms with Crippen molar-refractivity contribution in [2.24, 2.45) is 7.05 Å². The largest absolute Gasteiger partial charge is 0.454 e. The Bertz CT molecular complexity index is 1750. The number of nitriles is 1. The van der Waals surface area contributed by atoms with E-state index in [0.29, 0.717) is 22.6 Å². The fraction of sp³-hybridized carbons (Fsp3) is 0.0417. The first-order valence-electron chi connectivity index (χ1n) is 10.6. The molecular formula is C24H16FN7O3S2. The summed E-state index contributed by atoms with van der Waals surface area (Å²) in [6, 6.07) is 13.8. The highest BCUT2D eigenvalue weighted by Gasteiger charge is 2.20. The third kappa shape index (κ3) is 5.01. The van der Waals surface area contributed by atoms with Crippen LogP contribution in [0.25, 0.3) is 22.6 Å². The number of anilines is 1. The van der Waals surface area contributed by atoms with Gasteiger partial charge in [-0.15, -0.1) is 11.3 Å². The van der Waals surface area contributed by atoms with Gasteiger partial charge in [0.1, 0.15) is 17.5 Å². The van der Waals surface area contributed by atoms with E-state index in [1.807, 2.05) is 6.07 Å². The van der Waals surface area contributed by atoms with Crippen molar-refractivity contribution in [2.45, 2.75) is 4.90 Å². The van der Waals surface area contributed by atoms with Crippen LogP contribution in [0, 0.1) is 17.3 Å². The fourth-order valence-corrected chi connectivity index (χ4v) is 5.27. The van der Waals surface area contributed by atoms with E-state index in [-0.39, 0.29) is 27.1 Å². The van der Waals surface area contributed by atoms with E-state index in [1.54, 1.807) is 47.6 Å². The van der Waals surface area contributed by atoms with Gasteiger partial charge in [0.25, 0.3) is 10.0 Å². The molecule has 4 aromatic heterocycles. The lowest BCUT2D eigenvalue weighted by molar-refractivity contribution is 0.479. The van der Waals surface area contributed by atoms with Crippen molar-refractivity contribution in [3.05, 3.63) is 84.0 Å². The second-order valence-corrected chi connectivity index (χ2v) is 10.1. The first kappa shape index (κ1) is 24.0. The SMILES string of the molecule is Cn1nccc1-c1nc(-c2ccnc(F)c2)ccc1Oc1ccc(S(=O)(=O)Nc2nccs2)cc1C#N. The summed E-state index contributed by atoms with van der Waals surface area (Å²) >= 11 is 1.13. The predicted octanol–water partition coefficient (Wildman–Crippen LogP) is 4.60. The van der Waals surface area contributed by atoms with Crippen LogP contribution in [-0.2, 0) is 17.1 Å². The Morgan fingerprint density at radius 3 is 2.59 bits per heavy atom. The third-order valence-corrected chi connectivity index (χ3v) is 7.35. The molecule has 37 heavy (non-hydrogen) atoms. The van der Waals surface area contributed by atoms with Gasteiger partial charge in [0, 0.05) is 42.6 Å². The molecule has 0 amide bonds. The zero-order chi connectivity index (χ0) is 26.0. The van der Waals surface area contributed by atoms with Crippen LogP contribution in [0.15, 0.2) is 77.4 Å². The second-order valence-electron chi connectivity index (χ2n) is 7.57. The van der Waals surface area contributed by atoms with Gasteiger partial charge < -0.3 is 4.74 Å². The van der Waals surface area contributed by atoms with Gasteiger partial charge in [-0.05, 0) is 42.5 Å². The Morgan fingerprint density at radius 1 is 1.05 bits per heavy atom. The molecule has 5 rings (SSSR count). The maximum Gasteiger partial charge on any atom is 0.263 e. The van der Waals surface area contributed by atoms with Gasteiger partial charge in [-0.3, -0.25) is 9.40 Å². The minimum absolute atomic E-state index is 0.00162. The fourth-order valence-electron chi connectivity index (χ4n) is 3.46. The summed E-state index contributed by atoms with van der Waals surface area (Å²) in [6.45, 7) is 0. The number of rotatable bonds is 7. The van der Waals surface area contributed by atoms with Crippen LogP contribution in [0.1, 0.15) is 5.56 Å². The van der Waals surface area contributed by atoms with E-state index >= 15 is 0 Å². The Morgan fingerprint density at radius 2 is 1.89 bits per heavy atom. The van der Waals surface area contributed by atoms with E-state index in [9.17, 15) is 18.1 Å². The van der Waals surface area contributed by atoms with Gasteiger partial charge in [-0.25, -0.2) is 23.4 Å². The molecule has 10 nitrogen and oxygen atoms in total. The molecule has 0 unspecified atom stereocenters. The van der Waals surface area contributed by atoms with Crippen LogP contribution in [0.2, 0.25) is 0 Å². The number of sulfonamides is 1. The topological polar surface area (TPSA) is 136 Å². The summed E-state index contributed by atoms with van der Waals surface area (Å²) in [5.41, 5.74) is 1.98. The Hall–Kier alpha value is -4.67. The number of nitrogens with zero attached hydrogens (tertiary/aromatic N) is 6. The minimum Gasteiger partial charge on any atom is -0.454 e. The maximum atomic E-state index is 13.7. The summed E-state index contributed by atoms with van der Waals surface area (Å²) in [7, 11) is -2.23. The molecular weight excluding hydrogens is 517 g/mol. The summed E-state index contributed by atoms with van der Waals surface area (Å²) in [5.74, 6) is -0.224. The van der Waals surface area contributed by atoms with Crippen LogP contribution in [-0.4, -0.2) is 33.2 Å². The van der Waals surface area contributed by atoms with Crippen molar-refractivity contribution in [1.82, 2.24) is 24.7 Å². The van der Waals surface area contributed by atoms with Crippen molar-refractivity contribution in [3.63, 3.8) is 0 Å². The number of aryl methyl sites for hydroxylation is 1. The van der Waals surface area contributed by atoms with Gasteiger partial charge in [-0.2, -0.15) is 14.8 Å². The highest BCUT2D eigenvalue weighted by Crippen LogP contribution is 2.36. The van der Waals surface area contributed by atoms with Crippen molar-refractivity contribution in [3.8, 4) is 40.2 Å². The average molecular weight is 534 g/mol. The van der Waals surface area contributed by atoms with Crippen LogP contribution in [0.3, 0.4) is 0 Å². The van der Waals surface area contributed by atoms with E-state index in [0.717, 1.165) is 11.3 Å². The molecule has 0 spiro atoms. The molecule has 0 aliphatic heterocycles. The molecule has 0 saturated heterocycles. The lowest BCUT2D eigenvalue weighted by atomic mass is 10.1. The average Bonchev–Trinajstić information content (AvgIpc) is 3.55. The van der Waals surface area contributed by atoms with Crippen LogP contribution < -0.4 is 9.46 Å². The summed E-state index contributed by atoms with van der Waals surface area (Å²) in [4.78, 5) is 12.0. The van der Waals surface area contributed by atoms with Crippen molar-refractivity contribution in [2.75, 3.05) is 4.72 Å². The first-order chi connectivity index (χ1) is 17.8. The molecule has 1 N–H and O–H groups in total. The summed E-state index contributed by atoms with van der Waals surface area (Å²) < 4.78 is 49.2. The lowest BCUT2D eigenvalue weighted by Crippen LogP contribution is -2.13. The van der Waals surface area contributed by atoms with Gasteiger partial charge in [0.15, 0.2) is 10.9 Å². The smallest absolute Gasteiger partial charge is 0.263 e. The number of hydrogen-bond donors (Lipinski definition) is 1. The van der Waals surface area contributed by atoms with Crippen molar-refractivity contribution < 1.29 is 17.5 Å². The van der Waals surface area contributed by atoms with Gasteiger partial charge >= 0.3 is 0 Å². The summed E-state index contributed by atoms with van der Waals surface area (Å²) in [5, 5.41) is 15.8. The normalized spacial score (nSPS) is 11.2. The van der Waals surface area contributed by atoms with Crippen molar-refractivity contribution >= 4 is 26.5 Å². The third-order valence-electron chi connectivity index (χ3n) is 5.20. The highest BCUT2D eigenvalue weighted by molar-refractivity contribution is 7.93. The monoisotopic (exact) mass is 533 g/mol.